The molecular weight excluding hydrogens is 212 g/mol. The molecule has 1 heterocycles. The van der Waals surface area contributed by atoms with Gasteiger partial charge in [0.25, 0.3) is 0 Å². The predicted octanol–water partition coefficient (Wildman–Crippen LogP) is 2.10. The molecular formula is C12H15F2NO. The molecule has 0 aliphatic carbocycles. The molecule has 0 radical (unpaired) electrons. The van der Waals surface area contributed by atoms with E-state index in [0.717, 1.165) is 31.6 Å². The maximum absolute atomic E-state index is 13.2. The number of aliphatic hydroxyl groups is 1. The Morgan fingerprint density at radius 2 is 1.75 bits per heavy atom. The molecule has 0 amide bonds. The van der Waals surface area contributed by atoms with Gasteiger partial charge in [0.2, 0.25) is 0 Å². The van der Waals surface area contributed by atoms with Crippen LogP contribution in [0.1, 0.15) is 18.4 Å². The Kier molecular flexibility index (Phi) is 3.39. The average molecular weight is 227 g/mol. The average Bonchev–Trinajstić information content (AvgIpc) is 2.76. The van der Waals surface area contributed by atoms with E-state index in [-0.39, 0.29) is 6.61 Å². The highest BCUT2D eigenvalue weighted by Crippen LogP contribution is 2.27. The van der Waals surface area contributed by atoms with E-state index in [1.165, 1.54) is 12.1 Å². The van der Waals surface area contributed by atoms with Crippen molar-refractivity contribution in [3.8, 4) is 0 Å². The number of hydrogen-bond donors (Lipinski definition) is 1. The van der Waals surface area contributed by atoms with Gasteiger partial charge in [0.05, 0.1) is 0 Å². The molecule has 1 aromatic carbocycles. The van der Waals surface area contributed by atoms with Crippen LogP contribution in [0.15, 0.2) is 12.1 Å². The summed E-state index contributed by atoms with van der Waals surface area (Å²) in [5.74, 6) is -1.66. The van der Waals surface area contributed by atoms with Gasteiger partial charge in [0, 0.05) is 31.5 Å². The number of rotatable bonds is 3. The van der Waals surface area contributed by atoms with Crippen molar-refractivity contribution >= 4 is 5.69 Å². The van der Waals surface area contributed by atoms with Crippen LogP contribution in [0, 0.1) is 11.6 Å². The lowest BCUT2D eigenvalue weighted by atomic mass is 10.1. The molecule has 0 bridgehead atoms. The predicted molar refractivity (Wildman–Crippen MR) is 58.6 cm³/mol. The smallest absolute Gasteiger partial charge is 0.160 e. The first-order valence-corrected chi connectivity index (χ1v) is 5.56. The monoisotopic (exact) mass is 227 g/mol. The van der Waals surface area contributed by atoms with Gasteiger partial charge in [-0.05, 0) is 30.9 Å². The molecule has 0 atom stereocenters. The summed E-state index contributed by atoms with van der Waals surface area (Å²) in [7, 11) is 0. The minimum atomic E-state index is -0.841. The highest BCUT2D eigenvalue weighted by atomic mass is 19.2. The van der Waals surface area contributed by atoms with Gasteiger partial charge in [-0.15, -0.1) is 0 Å². The van der Waals surface area contributed by atoms with E-state index >= 15 is 0 Å². The van der Waals surface area contributed by atoms with Crippen LogP contribution in [0.4, 0.5) is 14.5 Å². The van der Waals surface area contributed by atoms with E-state index in [9.17, 15) is 8.78 Å². The number of halogens is 2. The van der Waals surface area contributed by atoms with Crippen molar-refractivity contribution in [1.82, 2.24) is 0 Å². The highest BCUT2D eigenvalue weighted by molar-refractivity contribution is 5.55. The van der Waals surface area contributed by atoms with Crippen LogP contribution in [0.5, 0.6) is 0 Å². The lowest BCUT2D eigenvalue weighted by Crippen LogP contribution is -2.20. The number of anilines is 1. The van der Waals surface area contributed by atoms with Gasteiger partial charge in [0.15, 0.2) is 11.6 Å². The molecule has 1 aliphatic rings. The van der Waals surface area contributed by atoms with Gasteiger partial charge in [-0.2, -0.15) is 0 Å². The second-order valence-corrected chi connectivity index (χ2v) is 4.06. The Hall–Kier alpha value is -1.16. The molecule has 0 aromatic heterocycles. The molecule has 88 valence electrons. The zero-order chi connectivity index (χ0) is 11.5. The molecule has 0 saturated carbocycles. The molecule has 1 aromatic rings. The Balaban J connectivity index is 2.36. The molecule has 0 unspecified atom stereocenters. The maximum Gasteiger partial charge on any atom is 0.160 e. The lowest BCUT2D eigenvalue weighted by Gasteiger charge is -2.21. The summed E-state index contributed by atoms with van der Waals surface area (Å²) in [4.78, 5) is 2.05. The fourth-order valence-corrected chi connectivity index (χ4v) is 2.15. The standard InChI is InChI=1S/C12H15F2NO/c13-10-7-9(3-6-16)12(8-11(10)14)15-4-1-2-5-15/h7-8,16H,1-6H2. The zero-order valence-electron chi connectivity index (χ0n) is 9.05. The normalized spacial score (nSPS) is 15.8. The van der Waals surface area contributed by atoms with Crippen molar-refractivity contribution in [2.24, 2.45) is 0 Å². The van der Waals surface area contributed by atoms with E-state index < -0.39 is 11.6 Å². The zero-order valence-corrected chi connectivity index (χ0v) is 9.05. The van der Waals surface area contributed by atoms with E-state index in [1.807, 2.05) is 4.90 Å². The Labute approximate surface area is 93.5 Å². The van der Waals surface area contributed by atoms with Crippen molar-refractivity contribution < 1.29 is 13.9 Å². The summed E-state index contributed by atoms with van der Waals surface area (Å²) in [6.07, 6.45) is 2.53. The van der Waals surface area contributed by atoms with E-state index in [0.29, 0.717) is 12.0 Å². The van der Waals surface area contributed by atoms with Crippen molar-refractivity contribution in [2.75, 3.05) is 24.6 Å². The van der Waals surface area contributed by atoms with Gasteiger partial charge in [-0.25, -0.2) is 8.78 Å². The van der Waals surface area contributed by atoms with Crippen molar-refractivity contribution in [3.05, 3.63) is 29.3 Å². The third-order valence-corrected chi connectivity index (χ3v) is 2.95. The molecule has 0 spiro atoms. The molecule has 2 rings (SSSR count). The van der Waals surface area contributed by atoms with Crippen molar-refractivity contribution in [1.29, 1.82) is 0 Å². The van der Waals surface area contributed by atoms with E-state index in [4.69, 9.17) is 5.11 Å². The van der Waals surface area contributed by atoms with Crippen LogP contribution in [0.2, 0.25) is 0 Å². The summed E-state index contributed by atoms with van der Waals surface area (Å²) in [6.45, 7) is 1.71. The number of hydrogen-bond acceptors (Lipinski definition) is 2. The molecule has 4 heteroatoms. The van der Waals surface area contributed by atoms with Gasteiger partial charge >= 0.3 is 0 Å². The maximum atomic E-state index is 13.2. The summed E-state index contributed by atoms with van der Waals surface area (Å²) in [5, 5.41) is 8.91. The summed E-state index contributed by atoms with van der Waals surface area (Å²) in [6, 6.07) is 2.44. The van der Waals surface area contributed by atoms with Crippen LogP contribution < -0.4 is 4.90 Å². The first-order valence-electron chi connectivity index (χ1n) is 5.56. The van der Waals surface area contributed by atoms with E-state index in [1.54, 1.807) is 0 Å². The van der Waals surface area contributed by atoms with Gasteiger partial charge in [-0.1, -0.05) is 0 Å². The Bertz CT molecular complexity index is 376. The third-order valence-electron chi connectivity index (χ3n) is 2.95. The molecule has 1 N–H and O–H groups in total. The topological polar surface area (TPSA) is 23.5 Å². The molecule has 1 aliphatic heterocycles. The number of aliphatic hydroxyl groups excluding tert-OH is 1. The van der Waals surface area contributed by atoms with Crippen LogP contribution in [0.25, 0.3) is 0 Å². The van der Waals surface area contributed by atoms with Crippen molar-refractivity contribution in [2.45, 2.75) is 19.3 Å². The lowest BCUT2D eigenvalue weighted by molar-refractivity contribution is 0.299. The summed E-state index contributed by atoms with van der Waals surface area (Å²) < 4.78 is 26.3. The molecule has 1 fully saturated rings. The van der Waals surface area contributed by atoms with Crippen LogP contribution >= 0.6 is 0 Å². The van der Waals surface area contributed by atoms with Gasteiger partial charge in [-0.3, -0.25) is 0 Å². The van der Waals surface area contributed by atoms with Crippen LogP contribution in [0.3, 0.4) is 0 Å². The first kappa shape index (κ1) is 11.3. The number of nitrogens with zero attached hydrogens (tertiary/aromatic N) is 1. The van der Waals surface area contributed by atoms with E-state index in [2.05, 4.69) is 0 Å². The fourth-order valence-electron chi connectivity index (χ4n) is 2.15. The van der Waals surface area contributed by atoms with Crippen LogP contribution in [-0.4, -0.2) is 24.8 Å². The highest BCUT2D eigenvalue weighted by Gasteiger charge is 2.18. The number of benzene rings is 1. The second-order valence-electron chi connectivity index (χ2n) is 4.06. The largest absolute Gasteiger partial charge is 0.396 e. The molecule has 2 nitrogen and oxygen atoms in total. The van der Waals surface area contributed by atoms with Crippen LogP contribution in [-0.2, 0) is 6.42 Å². The SMILES string of the molecule is OCCc1cc(F)c(F)cc1N1CCCC1. The third kappa shape index (κ3) is 2.16. The van der Waals surface area contributed by atoms with Crippen molar-refractivity contribution in [3.63, 3.8) is 0 Å². The molecule has 16 heavy (non-hydrogen) atoms. The minimum absolute atomic E-state index is 0.0497. The van der Waals surface area contributed by atoms with Gasteiger partial charge < -0.3 is 10.0 Å². The second kappa shape index (κ2) is 4.78. The van der Waals surface area contributed by atoms with Gasteiger partial charge in [0.1, 0.15) is 0 Å². The Morgan fingerprint density at radius 3 is 2.38 bits per heavy atom. The summed E-state index contributed by atoms with van der Waals surface area (Å²) >= 11 is 0. The Morgan fingerprint density at radius 1 is 1.12 bits per heavy atom. The summed E-state index contributed by atoms with van der Waals surface area (Å²) in [5.41, 5.74) is 1.41. The minimum Gasteiger partial charge on any atom is -0.396 e. The fraction of sp³-hybridized carbons (Fsp3) is 0.500. The first-order chi connectivity index (χ1) is 7.72. The quantitative estimate of drug-likeness (QED) is 0.854. The molecule has 1 saturated heterocycles.